The first-order chi connectivity index (χ1) is 19.8. The molecule has 0 spiro atoms. The Labute approximate surface area is 236 Å². The lowest BCUT2D eigenvalue weighted by molar-refractivity contribution is -0.376. The fraction of sp³-hybridized carbons (Fsp3) is 0.200. The van der Waals surface area contributed by atoms with Crippen LogP contribution in [0.5, 0.6) is 5.75 Å². The van der Waals surface area contributed by atoms with Crippen molar-refractivity contribution in [2.75, 3.05) is 4.31 Å². The summed E-state index contributed by atoms with van der Waals surface area (Å²) in [7, 11) is -4.51. The number of hydrogen-bond acceptors (Lipinski definition) is 6. The molecule has 0 aliphatic rings. The van der Waals surface area contributed by atoms with E-state index < -0.39 is 52.2 Å². The van der Waals surface area contributed by atoms with Crippen LogP contribution < -0.4 is 9.04 Å². The monoisotopic (exact) mass is 640 g/mol. The molecule has 0 radical (unpaired) electrons. The van der Waals surface area contributed by atoms with Crippen molar-refractivity contribution < 1.29 is 57.8 Å². The number of nitrogens with zero attached hydrogens (tertiary/aromatic N) is 4. The molecule has 3 aromatic carbocycles. The zero-order valence-electron chi connectivity index (χ0n) is 21.1. The highest BCUT2D eigenvalue weighted by Crippen LogP contribution is 2.50. The van der Waals surface area contributed by atoms with Gasteiger partial charge in [0.25, 0.3) is 15.6 Å². The number of halogens is 9. The number of alkyl halides is 9. The highest BCUT2D eigenvalue weighted by molar-refractivity contribution is 7.92. The lowest BCUT2D eigenvalue weighted by atomic mass is 9.92. The summed E-state index contributed by atoms with van der Waals surface area (Å²) in [6.45, 7) is -0.630. The molecule has 43 heavy (non-hydrogen) atoms. The van der Waals surface area contributed by atoms with Crippen molar-refractivity contribution in [2.45, 2.75) is 35.8 Å². The first-order valence-electron chi connectivity index (χ1n) is 11.6. The maximum Gasteiger partial charge on any atom is 0.573 e. The van der Waals surface area contributed by atoms with E-state index in [2.05, 4.69) is 15.0 Å². The van der Waals surface area contributed by atoms with E-state index in [0.29, 0.717) is 28.6 Å². The molecule has 8 nitrogen and oxygen atoms in total. The molecule has 0 aliphatic carbocycles. The minimum absolute atomic E-state index is 0.0683. The number of benzene rings is 3. The Hall–Kier alpha value is -4.32. The van der Waals surface area contributed by atoms with Gasteiger partial charge in [-0.3, -0.25) is 4.31 Å². The summed E-state index contributed by atoms with van der Waals surface area (Å²) in [6, 6.07) is 12.9. The number of aromatic nitrogens is 3. The Bertz CT molecular complexity index is 1640. The van der Waals surface area contributed by atoms with E-state index in [0.717, 1.165) is 16.8 Å². The summed E-state index contributed by atoms with van der Waals surface area (Å²) >= 11 is 0. The van der Waals surface area contributed by atoms with E-state index in [1.54, 1.807) is 0 Å². The predicted octanol–water partition coefficient (Wildman–Crippen LogP) is 5.87. The summed E-state index contributed by atoms with van der Waals surface area (Å²) in [6.07, 6.45) is -16.0. The van der Waals surface area contributed by atoms with E-state index in [1.165, 1.54) is 48.7 Å². The zero-order chi connectivity index (χ0) is 31.8. The van der Waals surface area contributed by atoms with Crippen LogP contribution >= 0.6 is 0 Å². The molecule has 4 rings (SSSR count). The van der Waals surface area contributed by atoms with E-state index in [4.69, 9.17) is 0 Å². The molecule has 1 heterocycles. The molecule has 4 aromatic rings. The van der Waals surface area contributed by atoms with Gasteiger partial charge in [-0.1, -0.05) is 35.5 Å². The van der Waals surface area contributed by atoms with Crippen LogP contribution in [-0.4, -0.2) is 47.2 Å². The van der Waals surface area contributed by atoms with Gasteiger partial charge in [-0.2, -0.15) is 26.3 Å². The molecule has 0 amide bonds. The molecule has 0 atom stereocenters. The number of rotatable bonds is 8. The molecule has 0 saturated carbocycles. The Morgan fingerprint density at radius 1 is 0.791 bits per heavy atom. The van der Waals surface area contributed by atoms with Gasteiger partial charge in [0.2, 0.25) is 0 Å². The van der Waals surface area contributed by atoms with E-state index in [-0.39, 0.29) is 22.0 Å². The minimum atomic E-state index is -6.15. The molecule has 0 bridgehead atoms. The molecule has 18 heteroatoms. The third-order valence-electron chi connectivity index (χ3n) is 5.91. The van der Waals surface area contributed by atoms with E-state index in [1.807, 2.05) is 0 Å². The third kappa shape index (κ3) is 6.53. The zero-order valence-corrected chi connectivity index (χ0v) is 21.9. The van der Waals surface area contributed by atoms with Crippen molar-refractivity contribution in [2.24, 2.45) is 0 Å². The molecule has 1 aromatic heterocycles. The van der Waals surface area contributed by atoms with Gasteiger partial charge in [-0.15, -0.1) is 18.3 Å². The van der Waals surface area contributed by atoms with Crippen molar-refractivity contribution in [3.05, 3.63) is 96.3 Å². The fourth-order valence-corrected chi connectivity index (χ4v) is 5.29. The highest BCUT2D eigenvalue weighted by Gasteiger charge is 2.71. The highest BCUT2D eigenvalue weighted by atomic mass is 32.2. The summed E-state index contributed by atoms with van der Waals surface area (Å²) in [5.74, 6) is -0.525. The second kappa shape index (κ2) is 11.1. The van der Waals surface area contributed by atoms with Gasteiger partial charge in [0.1, 0.15) is 11.4 Å². The SMILES string of the molecule is O=S(=O)(c1ccccc1)N(Cc1cn(-c2ccc(OC(F)(F)F)cc2)nn1)c1ccc(C(O)(C(F)(F)F)C(F)(F)F)cc1. The van der Waals surface area contributed by atoms with E-state index in [9.17, 15) is 53.0 Å². The van der Waals surface area contributed by atoms with Gasteiger partial charge in [-0.05, 0) is 48.5 Å². The van der Waals surface area contributed by atoms with Crippen molar-refractivity contribution in [1.29, 1.82) is 0 Å². The number of sulfonamides is 1. The first kappa shape index (κ1) is 31.6. The Kier molecular flexibility index (Phi) is 8.14. The minimum Gasteiger partial charge on any atom is -0.406 e. The van der Waals surface area contributed by atoms with Gasteiger partial charge in [0.05, 0.1) is 29.0 Å². The Morgan fingerprint density at radius 3 is 1.86 bits per heavy atom. The van der Waals surface area contributed by atoms with Gasteiger partial charge in [0, 0.05) is 5.56 Å². The normalized spacial score (nSPS) is 13.2. The first-order valence-corrected chi connectivity index (χ1v) is 13.1. The summed E-state index contributed by atoms with van der Waals surface area (Å²) in [4.78, 5) is -0.284. The fourth-order valence-electron chi connectivity index (χ4n) is 3.84. The molecule has 0 aliphatic heterocycles. The Morgan fingerprint density at radius 2 is 1.35 bits per heavy atom. The molecule has 230 valence electrons. The molecule has 0 fully saturated rings. The quantitative estimate of drug-likeness (QED) is 0.242. The van der Waals surface area contributed by atoms with Gasteiger partial charge in [-0.25, -0.2) is 13.1 Å². The van der Waals surface area contributed by atoms with Crippen LogP contribution in [0.4, 0.5) is 45.2 Å². The number of anilines is 1. The number of aliphatic hydroxyl groups is 1. The van der Waals surface area contributed by atoms with Gasteiger partial charge >= 0.3 is 18.7 Å². The van der Waals surface area contributed by atoms with Crippen LogP contribution in [0.25, 0.3) is 5.69 Å². The lowest BCUT2D eigenvalue weighted by Gasteiger charge is -2.33. The second-order valence-corrected chi connectivity index (χ2v) is 10.6. The standard InChI is InChI=1S/C25H17F9N4O4S/c26-23(27,28)22(39,24(29,30)31)16-6-8-19(9-7-16)38(43(40,41)21-4-2-1-3-5-21)15-17-14-37(36-35-17)18-10-12-20(13-11-18)42-25(32,33)34/h1-14,39H,15H2. The van der Waals surface area contributed by atoms with Crippen LogP contribution in [0, 0.1) is 0 Å². The van der Waals surface area contributed by atoms with Gasteiger partial charge in [0.15, 0.2) is 0 Å². The van der Waals surface area contributed by atoms with Crippen molar-refractivity contribution in [3.8, 4) is 11.4 Å². The largest absolute Gasteiger partial charge is 0.573 e. The predicted molar refractivity (Wildman–Crippen MR) is 130 cm³/mol. The summed E-state index contributed by atoms with van der Waals surface area (Å²) in [5.41, 5.74) is -7.10. The number of hydrogen-bond donors (Lipinski definition) is 1. The van der Waals surface area contributed by atoms with Crippen LogP contribution in [0.1, 0.15) is 11.3 Å². The van der Waals surface area contributed by atoms with Crippen LogP contribution in [0.2, 0.25) is 0 Å². The average molecular weight is 640 g/mol. The van der Waals surface area contributed by atoms with Crippen molar-refractivity contribution in [1.82, 2.24) is 15.0 Å². The van der Waals surface area contributed by atoms with Crippen molar-refractivity contribution in [3.63, 3.8) is 0 Å². The molecular formula is C25H17F9N4O4S. The maximum absolute atomic E-state index is 13.5. The third-order valence-corrected chi connectivity index (χ3v) is 7.69. The van der Waals surface area contributed by atoms with Crippen LogP contribution in [0.15, 0.2) is 90.0 Å². The second-order valence-electron chi connectivity index (χ2n) is 8.77. The smallest absolute Gasteiger partial charge is 0.406 e. The molecular weight excluding hydrogens is 623 g/mol. The summed E-state index contributed by atoms with van der Waals surface area (Å²) < 4.78 is 150. The van der Waals surface area contributed by atoms with Crippen LogP contribution in [0.3, 0.4) is 0 Å². The van der Waals surface area contributed by atoms with Crippen LogP contribution in [-0.2, 0) is 22.2 Å². The maximum atomic E-state index is 13.5. The van der Waals surface area contributed by atoms with E-state index >= 15 is 0 Å². The molecule has 0 saturated heterocycles. The van der Waals surface area contributed by atoms with Crippen molar-refractivity contribution >= 4 is 15.7 Å². The number of ether oxygens (including phenoxy) is 1. The van der Waals surface area contributed by atoms with Gasteiger partial charge < -0.3 is 9.84 Å². The average Bonchev–Trinajstić information content (AvgIpc) is 3.39. The Balaban J connectivity index is 1.71. The lowest BCUT2D eigenvalue weighted by Crippen LogP contribution is -2.53. The topological polar surface area (TPSA) is 97.6 Å². The summed E-state index contributed by atoms with van der Waals surface area (Å²) in [5, 5.41) is 17.3. The molecule has 1 N–H and O–H groups in total. The molecule has 0 unspecified atom stereocenters.